The van der Waals surface area contributed by atoms with Crippen LogP contribution in [0.5, 0.6) is 11.5 Å². The minimum atomic E-state index is -0.372. The molecule has 2 aromatic carbocycles. The van der Waals surface area contributed by atoms with Crippen molar-refractivity contribution >= 4 is 11.6 Å². The summed E-state index contributed by atoms with van der Waals surface area (Å²) in [5, 5.41) is 0.372. The maximum atomic E-state index is 13.7. The first-order valence-corrected chi connectivity index (χ1v) is 6.78. The average Bonchev–Trinajstić information content (AvgIpc) is 2.41. The predicted octanol–water partition coefficient (Wildman–Crippen LogP) is 4.77. The van der Waals surface area contributed by atoms with Crippen LogP contribution in [0.15, 0.2) is 36.4 Å². The smallest absolute Gasteiger partial charge is 0.164 e. The van der Waals surface area contributed by atoms with Gasteiger partial charge < -0.3 is 9.47 Å². The first-order valence-electron chi connectivity index (χ1n) is 6.41. The molecule has 0 unspecified atom stereocenters. The first kappa shape index (κ1) is 14.7. The molecule has 0 bridgehead atoms. The van der Waals surface area contributed by atoms with Gasteiger partial charge in [0.1, 0.15) is 12.4 Å². The van der Waals surface area contributed by atoms with E-state index in [-0.39, 0.29) is 12.4 Å². The molecule has 0 saturated heterocycles. The van der Waals surface area contributed by atoms with Gasteiger partial charge in [0.2, 0.25) is 0 Å². The van der Waals surface area contributed by atoms with E-state index < -0.39 is 0 Å². The van der Waals surface area contributed by atoms with E-state index in [1.807, 2.05) is 32.0 Å². The van der Waals surface area contributed by atoms with Gasteiger partial charge in [-0.05, 0) is 37.6 Å². The highest BCUT2D eigenvalue weighted by Gasteiger charge is 2.09. The number of rotatable bonds is 5. The van der Waals surface area contributed by atoms with Gasteiger partial charge in [-0.25, -0.2) is 4.39 Å². The number of para-hydroxylation sites is 1. The van der Waals surface area contributed by atoms with Crippen LogP contribution < -0.4 is 9.47 Å². The highest BCUT2D eigenvalue weighted by molar-refractivity contribution is 6.30. The van der Waals surface area contributed by atoms with E-state index in [0.717, 1.165) is 5.56 Å². The Morgan fingerprint density at radius 3 is 2.65 bits per heavy atom. The van der Waals surface area contributed by atoms with Gasteiger partial charge in [0.25, 0.3) is 0 Å². The highest BCUT2D eigenvalue weighted by atomic mass is 35.5. The summed E-state index contributed by atoms with van der Waals surface area (Å²) >= 11 is 5.72. The average molecular weight is 295 g/mol. The van der Waals surface area contributed by atoms with Crippen LogP contribution in [0.3, 0.4) is 0 Å². The summed E-state index contributed by atoms with van der Waals surface area (Å²) < 4.78 is 24.9. The SMILES string of the molecule is CCOc1c(C)cccc1OCc1ccc(Cl)cc1F. The van der Waals surface area contributed by atoms with Crippen LogP contribution in [-0.2, 0) is 6.61 Å². The molecule has 2 aromatic rings. The normalized spacial score (nSPS) is 10.4. The Morgan fingerprint density at radius 2 is 1.95 bits per heavy atom. The molecular formula is C16H16ClFO2. The molecule has 0 radical (unpaired) electrons. The van der Waals surface area contributed by atoms with Gasteiger partial charge in [0, 0.05) is 10.6 Å². The third-order valence-corrected chi connectivity index (χ3v) is 3.10. The second kappa shape index (κ2) is 6.62. The Kier molecular flexibility index (Phi) is 4.85. The monoisotopic (exact) mass is 294 g/mol. The first-order chi connectivity index (χ1) is 9.61. The Labute approximate surface area is 123 Å². The minimum Gasteiger partial charge on any atom is -0.490 e. The fourth-order valence-electron chi connectivity index (χ4n) is 1.86. The van der Waals surface area contributed by atoms with Crippen molar-refractivity contribution in [2.75, 3.05) is 6.61 Å². The molecule has 0 fully saturated rings. The number of halogens is 2. The summed E-state index contributed by atoms with van der Waals surface area (Å²) in [6.45, 7) is 4.54. The van der Waals surface area contributed by atoms with Crippen molar-refractivity contribution in [1.82, 2.24) is 0 Å². The number of aryl methyl sites for hydroxylation is 1. The van der Waals surface area contributed by atoms with Crippen LogP contribution in [0, 0.1) is 12.7 Å². The standard InChI is InChI=1S/C16H16ClFO2/c1-3-19-16-11(2)5-4-6-15(16)20-10-12-7-8-13(17)9-14(12)18/h4-9H,3,10H2,1-2H3. The third-order valence-electron chi connectivity index (χ3n) is 2.86. The summed E-state index contributed by atoms with van der Waals surface area (Å²) in [7, 11) is 0. The van der Waals surface area contributed by atoms with Crippen LogP contribution in [0.4, 0.5) is 4.39 Å². The molecule has 4 heteroatoms. The molecule has 20 heavy (non-hydrogen) atoms. The van der Waals surface area contributed by atoms with Crippen molar-refractivity contribution < 1.29 is 13.9 Å². The quantitative estimate of drug-likeness (QED) is 0.791. The zero-order chi connectivity index (χ0) is 14.5. The van der Waals surface area contributed by atoms with Crippen LogP contribution in [0.25, 0.3) is 0 Å². The molecule has 0 aliphatic rings. The summed E-state index contributed by atoms with van der Waals surface area (Å²) in [5.41, 5.74) is 1.44. The number of ether oxygens (including phenoxy) is 2. The molecule has 0 aliphatic heterocycles. The van der Waals surface area contributed by atoms with Gasteiger partial charge in [-0.1, -0.05) is 29.8 Å². The fraction of sp³-hybridized carbons (Fsp3) is 0.250. The summed E-state index contributed by atoms with van der Waals surface area (Å²) in [5.74, 6) is 0.939. The molecule has 0 aliphatic carbocycles. The second-order valence-electron chi connectivity index (χ2n) is 4.36. The van der Waals surface area contributed by atoms with Gasteiger partial charge in [-0.3, -0.25) is 0 Å². The fourth-order valence-corrected chi connectivity index (χ4v) is 2.02. The second-order valence-corrected chi connectivity index (χ2v) is 4.80. The molecule has 0 aromatic heterocycles. The molecule has 0 amide bonds. The predicted molar refractivity (Wildman–Crippen MR) is 78.1 cm³/mol. The lowest BCUT2D eigenvalue weighted by atomic mass is 10.2. The Morgan fingerprint density at radius 1 is 1.15 bits per heavy atom. The van der Waals surface area contributed by atoms with Crippen LogP contribution in [0.1, 0.15) is 18.1 Å². The Balaban J connectivity index is 2.16. The van der Waals surface area contributed by atoms with Crippen LogP contribution in [-0.4, -0.2) is 6.61 Å². The maximum Gasteiger partial charge on any atom is 0.164 e. The lowest BCUT2D eigenvalue weighted by molar-refractivity contribution is 0.264. The van der Waals surface area contributed by atoms with Gasteiger partial charge in [0.05, 0.1) is 6.61 Å². The lowest BCUT2D eigenvalue weighted by Crippen LogP contribution is -2.02. The van der Waals surface area contributed by atoms with Crippen LogP contribution >= 0.6 is 11.6 Å². The molecule has 0 heterocycles. The number of hydrogen-bond acceptors (Lipinski definition) is 2. The molecule has 2 rings (SSSR count). The zero-order valence-corrected chi connectivity index (χ0v) is 12.2. The van der Waals surface area contributed by atoms with E-state index in [4.69, 9.17) is 21.1 Å². The number of hydrogen-bond donors (Lipinski definition) is 0. The largest absolute Gasteiger partial charge is 0.490 e. The summed E-state index contributed by atoms with van der Waals surface area (Å²) in [6, 6.07) is 10.2. The minimum absolute atomic E-state index is 0.131. The van der Waals surface area contributed by atoms with E-state index in [1.54, 1.807) is 12.1 Å². The van der Waals surface area contributed by atoms with E-state index in [0.29, 0.717) is 28.7 Å². The van der Waals surface area contributed by atoms with E-state index in [2.05, 4.69) is 0 Å². The maximum absolute atomic E-state index is 13.7. The Hall–Kier alpha value is -1.74. The van der Waals surface area contributed by atoms with Gasteiger partial charge in [-0.2, -0.15) is 0 Å². The van der Waals surface area contributed by atoms with Crippen molar-refractivity contribution in [2.45, 2.75) is 20.5 Å². The van der Waals surface area contributed by atoms with Gasteiger partial charge in [0.15, 0.2) is 11.5 Å². The van der Waals surface area contributed by atoms with Crippen molar-refractivity contribution in [3.05, 3.63) is 58.4 Å². The molecule has 106 valence electrons. The summed E-state index contributed by atoms with van der Waals surface area (Å²) in [4.78, 5) is 0. The van der Waals surface area contributed by atoms with E-state index in [9.17, 15) is 4.39 Å². The third kappa shape index (κ3) is 3.42. The molecule has 0 atom stereocenters. The van der Waals surface area contributed by atoms with E-state index >= 15 is 0 Å². The van der Waals surface area contributed by atoms with Crippen LogP contribution in [0.2, 0.25) is 5.02 Å². The molecular weight excluding hydrogens is 279 g/mol. The van der Waals surface area contributed by atoms with E-state index in [1.165, 1.54) is 6.07 Å². The van der Waals surface area contributed by atoms with Crippen molar-refractivity contribution in [2.24, 2.45) is 0 Å². The topological polar surface area (TPSA) is 18.5 Å². The molecule has 2 nitrogen and oxygen atoms in total. The van der Waals surface area contributed by atoms with Gasteiger partial charge >= 0.3 is 0 Å². The lowest BCUT2D eigenvalue weighted by Gasteiger charge is -2.14. The van der Waals surface area contributed by atoms with Crippen molar-refractivity contribution in [3.8, 4) is 11.5 Å². The molecule has 0 N–H and O–H groups in total. The highest BCUT2D eigenvalue weighted by Crippen LogP contribution is 2.31. The van der Waals surface area contributed by atoms with Crippen molar-refractivity contribution in [3.63, 3.8) is 0 Å². The molecule has 0 saturated carbocycles. The Bertz CT molecular complexity index is 599. The van der Waals surface area contributed by atoms with Crippen molar-refractivity contribution in [1.29, 1.82) is 0 Å². The number of benzene rings is 2. The zero-order valence-electron chi connectivity index (χ0n) is 11.5. The summed E-state index contributed by atoms with van der Waals surface area (Å²) in [6.07, 6.45) is 0. The molecule has 0 spiro atoms. The van der Waals surface area contributed by atoms with Gasteiger partial charge in [-0.15, -0.1) is 0 Å².